The molecule has 0 radical (unpaired) electrons. The predicted molar refractivity (Wildman–Crippen MR) is 96.9 cm³/mol. The third kappa shape index (κ3) is 5.36. The monoisotopic (exact) mass is 373 g/mol. The van der Waals surface area contributed by atoms with Crippen molar-refractivity contribution in [2.24, 2.45) is 0 Å². The minimum atomic E-state index is -3.21. The highest BCUT2D eigenvalue weighted by atomic mass is 35.5. The number of carbonyl (C=O) groups excluding carboxylic acids is 1. The molecule has 0 bridgehead atoms. The predicted octanol–water partition coefficient (Wildman–Crippen LogP) is 3.01. The molecular weight excluding hydrogens is 350 g/mol. The largest absolute Gasteiger partial charge is 0.322 e. The Balaban J connectivity index is 1.84. The van der Waals surface area contributed by atoms with Crippen molar-refractivity contribution < 1.29 is 13.2 Å². The first kappa shape index (κ1) is 19.0. The van der Waals surface area contributed by atoms with Gasteiger partial charge in [-0.2, -0.15) is 4.31 Å². The number of anilines is 1. The molecule has 2 rings (SSSR count). The lowest BCUT2D eigenvalue weighted by Crippen LogP contribution is -2.52. The lowest BCUT2D eigenvalue weighted by Gasteiger charge is -2.34. The van der Waals surface area contributed by atoms with E-state index >= 15 is 0 Å². The summed E-state index contributed by atoms with van der Waals surface area (Å²) in [5.74, 6) is 0.190. The van der Waals surface area contributed by atoms with Crippen molar-refractivity contribution in [1.82, 2.24) is 9.21 Å². The van der Waals surface area contributed by atoms with Gasteiger partial charge >= 0.3 is 6.03 Å². The summed E-state index contributed by atoms with van der Waals surface area (Å²) in [5, 5.41) is 3.33. The molecule has 0 spiro atoms. The Hall–Kier alpha value is -1.31. The van der Waals surface area contributed by atoms with Crippen molar-refractivity contribution >= 4 is 33.3 Å². The Kier molecular flexibility index (Phi) is 6.89. The van der Waals surface area contributed by atoms with Gasteiger partial charge in [-0.1, -0.05) is 37.4 Å². The molecule has 8 heteroatoms. The summed E-state index contributed by atoms with van der Waals surface area (Å²) in [6.07, 6.45) is 2.60. The highest BCUT2D eigenvalue weighted by Crippen LogP contribution is 2.16. The van der Waals surface area contributed by atoms with Crippen molar-refractivity contribution in [2.75, 3.05) is 37.2 Å². The van der Waals surface area contributed by atoms with Gasteiger partial charge in [-0.25, -0.2) is 13.2 Å². The molecule has 1 aromatic carbocycles. The third-order valence-electron chi connectivity index (χ3n) is 4.00. The number of amides is 2. The van der Waals surface area contributed by atoms with E-state index in [1.165, 1.54) is 4.31 Å². The normalized spacial score (nSPS) is 16.2. The summed E-state index contributed by atoms with van der Waals surface area (Å²) in [6.45, 7) is 3.51. The molecule has 1 N–H and O–H groups in total. The maximum Gasteiger partial charge on any atom is 0.321 e. The van der Waals surface area contributed by atoms with E-state index in [9.17, 15) is 13.2 Å². The van der Waals surface area contributed by atoms with Gasteiger partial charge in [0, 0.05) is 36.9 Å². The van der Waals surface area contributed by atoms with E-state index in [0.29, 0.717) is 43.3 Å². The van der Waals surface area contributed by atoms with Gasteiger partial charge < -0.3 is 10.2 Å². The van der Waals surface area contributed by atoms with Crippen LogP contribution in [0.15, 0.2) is 24.3 Å². The molecule has 1 aromatic rings. The smallest absolute Gasteiger partial charge is 0.321 e. The second-order valence-corrected chi connectivity index (χ2v) is 8.37. The topological polar surface area (TPSA) is 69.7 Å². The number of nitrogens with zero attached hydrogens (tertiary/aromatic N) is 2. The number of rotatable bonds is 6. The van der Waals surface area contributed by atoms with E-state index in [4.69, 9.17) is 11.6 Å². The number of halogens is 1. The number of nitrogens with one attached hydrogen (secondary N) is 1. The Morgan fingerprint density at radius 1 is 1.21 bits per heavy atom. The van der Waals surface area contributed by atoms with Crippen LogP contribution >= 0.6 is 11.6 Å². The molecule has 1 saturated heterocycles. The van der Waals surface area contributed by atoms with Gasteiger partial charge in [-0.15, -0.1) is 0 Å². The maximum absolute atomic E-state index is 12.3. The molecule has 0 aliphatic carbocycles. The maximum atomic E-state index is 12.3. The number of urea groups is 1. The van der Waals surface area contributed by atoms with Crippen LogP contribution in [0, 0.1) is 0 Å². The summed E-state index contributed by atoms with van der Waals surface area (Å²) < 4.78 is 26.0. The number of hydrogen-bond donors (Lipinski definition) is 1. The van der Waals surface area contributed by atoms with E-state index in [2.05, 4.69) is 5.32 Å². The molecule has 0 aromatic heterocycles. The molecule has 0 unspecified atom stereocenters. The molecule has 2 amide bonds. The lowest BCUT2D eigenvalue weighted by atomic mass is 10.3. The van der Waals surface area contributed by atoms with Crippen LogP contribution in [0.4, 0.5) is 10.5 Å². The second kappa shape index (κ2) is 8.69. The number of hydrogen-bond acceptors (Lipinski definition) is 3. The fraction of sp³-hybridized carbons (Fsp3) is 0.562. The van der Waals surface area contributed by atoms with Crippen molar-refractivity contribution in [2.45, 2.75) is 26.2 Å². The Morgan fingerprint density at radius 2 is 1.92 bits per heavy atom. The highest BCUT2D eigenvalue weighted by Gasteiger charge is 2.28. The van der Waals surface area contributed by atoms with Crippen LogP contribution in [0.1, 0.15) is 26.2 Å². The lowest BCUT2D eigenvalue weighted by molar-refractivity contribution is 0.184. The third-order valence-corrected chi connectivity index (χ3v) is 6.19. The van der Waals surface area contributed by atoms with Crippen molar-refractivity contribution in [3.8, 4) is 0 Å². The van der Waals surface area contributed by atoms with E-state index < -0.39 is 10.0 Å². The second-order valence-electron chi connectivity index (χ2n) is 5.85. The summed E-state index contributed by atoms with van der Waals surface area (Å²) in [5.41, 5.74) is 0.627. The first-order chi connectivity index (χ1) is 11.4. The van der Waals surface area contributed by atoms with Crippen molar-refractivity contribution in [3.05, 3.63) is 29.3 Å². The Bertz CT molecular complexity index is 658. The molecule has 0 saturated carbocycles. The fourth-order valence-corrected chi connectivity index (χ4v) is 4.34. The van der Waals surface area contributed by atoms with Gasteiger partial charge in [0.25, 0.3) is 0 Å². The zero-order chi connectivity index (χ0) is 17.6. The van der Waals surface area contributed by atoms with Crippen LogP contribution in [0.5, 0.6) is 0 Å². The number of unbranched alkanes of at least 4 members (excludes halogenated alkanes) is 2. The van der Waals surface area contributed by atoms with Crippen LogP contribution in [0.3, 0.4) is 0 Å². The molecule has 6 nitrogen and oxygen atoms in total. The standard InChI is InChI=1S/C16H24ClN3O3S/c1-2-3-4-12-24(22,23)20-10-8-19(9-11-20)16(21)18-15-7-5-6-14(17)13-15/h5-7,13H,2-4,8-12H2,1H3,(H,18,21). The molecular formula is C16H24ClN3O3S. The SMILES string of the molecule is CCCCCS(=O)(=O)N1CCN(C(=O)Nc2cccc(Cl)c2)CC1. The summed E-state index contributed by atoms with van der Waals surface area (Å²) >= 11 is 5.90. The van der Waals surface area contributed by atoms with Gasteiger partial charge in [0.2, 0.25) is 10.0 Å². The summed E-state index contributed by atoms with van der Waals surface area (Å²) in [4.78, 5) is 13.9. The highest BCUT2D eigenvalue weighted by molar-refractivity contribution is 7.89. The Labute approximate surface area is 148 Å². The van der Waals surface area contributed by atoms with Gasteiger partial charge in [0.1, 0.15) is 0 Å². The molecule has 0 atom stereocenters. The van der Waals surface area contributed by atoms with Gasteiger partial charge in [-0.05, 0) is 24.6 Å². The molecule has 1 fully saturated rings. The van der Waals surface area contributed by atoms with E-state index in [1.807, 2.05) is 6.92 Å². The summed E-state index contributed by atoms with van der Waals surface area (Å²) in [6, 6.07) is 6.70. The van der Waals surface area contributed by atoms with Crippen molar-refractivity contribution in [3.63, 3.8) is 0 Å². The first-order valence-corrected chi connectivity index (χ1v) is 10.2. The van der Waals surface area contributed by atoms with Crippen LogP contribution in [-0.4, -0.2) is 55.6 Å². The van der Waals surface area contributed by atoms with Crippen molar-refractivity contribution in [1.29, 1.82) is 0 Å². The average molecular weight is 374 g/mol. The number of sulfonamides is 1. The molecule has 24 heavy (non-hydrogen) atoms. The molecule has 1 aliphatic rings. The first-order valence-electron chi connectivity index (χ1n) is 8.21. The van der Waals surface area contributed by atoms with E-state index in [1.54, 1.807) is 29.2 Å². The quantitative estimate of drug-likeness (QED) is 0.779. The number of piperazine rings is 1. The van der Waals surface area contributed by atoms with Crippen LogP contribution in [0.25, 0.3) is 0 Å². The molecule has 1 aliphatic heterocycles. The van der Waals surface area contributed by atoms with E-state index in [-0.39, 0.29) is 11.8 Å². The zero-order valence-electron chi connectivity index (χ0n) is 13.9. The van der Waals surface area contributed by atoms with Gasteiger partial charge in [0.15, 0.2) is 0 Å². The van der Waals surface area contributed by atoms with Gasteiger partial charge in [-0.3, -0.25) is 0 Å². The van der Waals surface area contributed by atoms with Crippen LogP contribution in [-0.2, 0) is 10.0 Å². The van der Waals surface area contributed by atoms with E-state index in [0.717, 1.165) is 12.8 Å². The minimum Gasteiger partial charge on any atom is -0.322 e. The number of carbonyl (C=O) groups is 1. The summed E-state index contributed by atoms with van der Waals surface area (Å²) in [7, 11) is -3.21. The van der Waals surface area contributed by atoms with Gasteiger partial charge in [0.05, 0.1) is 5.75 Å². The van der Waals surface area contributed by atoms with Crippen LogP contribution in [0.2, 0.25) is 5.02 Å². The average Bonchev–Trinajstić information content (AvgIpc) is 2.55. The minimum absolute atomic E-state index is 0.190. The Morgan fingerprint density at radius 3 is 2.54 bits per heavy atom. The van der Waals surface area contributed by atoms with Crippen LogP contribution < -0.4 is 5.32 Å². The number of benzene rings is 1. The fourth-order valence-electron chi connectivity index (χ4n) is 2.60. The zero-order valence-corrected chi connectivity index (χ0v) is 15.4. The molecule has 134 valence electrons. The molecule has 1 heterocycles.